The molecule has 63 heavy (non-hydrogen) atoms. The molecule has 19 heteroatoms. The van der Waals surface area contributed by atoms with E-state index in [0.29, 0.717) is 17.9 Å². The van der Waals surface area contributed by atoms with E-state index >= 15 is 0 Å². The minimum absolute atomic E-state index is 0.0170. The van der Waals surface area contributed by atoms with Crippen LogP contribution in [0.2, 0.25) is 0 Å². The Bertz CT molecular complexity index is 2700. The molecule has 0 fully saturated rings. The lowest BCUT2D eigenvalue weighted by molar-refractivity contribution is 0.0817. The first-order valence-corrected chi connectivity index (χ1v) is 21.2. The molecular formula is C44H50Br2N6O11. The summed E-state index contributed by atoms with van der Waals surface area (Å²) in [6, 6.07) is 12.6. The number of nitrogens with two attached hydrogens (primary N) is 1. The second-order valence-electron chi connectivity index (χ2n) is 14.5. The fraction of sp³-hybridized carbons (Fsp3) is 0.318. The highest BCUT2D eigenvalue weighted by atomic mass is 79.9. The normalized spacial score (nSPS) is 11.7. The molecule has 0 unspecified atom stereocenters. The van der Waals surface area contributed by atoms with Gasteiger partial charge in [-0.25, -0.2) is 0 Å². The molecule has 0 saturated heterocycles. The highest BCUT2D eigenvalue weighted by Crippen LogP contribution is 2.35. The third kappa shape index (κ3) is 11.1. The van der Waals surface area contributed by atoms with Crippen LogP contribution in [0.1, 0.15) is 89.5 Å². The maximum atomic E-state index is 12.2. The first kappa shape index (κ1) is 49.5. The van der Waals surface area contributed by atoms with Crippen LogP contribution in [0.3, 0.4) is 0 Å². The van der Waals surface area contributed by atoms with Crippen molar-refractivity contribution in [1.29, 1.82) is 0 Å². The maximum absolute atomic E-state index is 12.2. The van der Waals surface area contributed by atoms with Gasteiger partial charge >= 0.3 is 0 Å². The van der Waals surface area contributed by atoms with E-state index in [1.54, 1.807) is 47.2 Å². The molecule has 0 radical (unpaired) electrons. The minimum Gasteiger partial charge on any atom is -0.505 e. The third-order valence-corrected chi connectivity index (χ3v) is 11.1. The highest BCUT2D eigenvalue weighted by molar-refractivity contribution is 9.10. The summed E-state index contributed by atoms with van der Waals surface area (Å²) in [5.74, 6) is 1.67. The van der Waals surface area contributed by atoms with Crippen LogP contribution in [0, 0.1) is 13.8 Å². The van der Waals surface area contributed by atoms with Crippen LogP contribution in [0.25, 0.3) is 0 Å². The molecule has 0 aliphatic rings. The number of benzene rings is 2. The van der Waals surface area contributed by atoms with E-state index in [4.69, 9.17) is 19.3 Å². The third-order valence-electron chi connectivity index (χ3n) is 9.56. The molecule has 336 valence electrons. The van der Waals surface area contributed by atoms with E-state index in [1.165, 1.54) is 34.1 Å². The van der Waals surface area contributed by atoms with E-state index in [-0.39, 0.29) is 87.3 Å². The number of amides is 2. The van der Waals surface area contributed by atoms with E-state index in [1.807, 2.05) is 39.8 Å². The van der Waals surface area contributed by atoms with Gasteiger partial charge in [0.2, 0.25) is 0 Å². The molecule has 0 bridgehead atoms. The molecule has 0 aliphatic carbocycles. The van der Waals surface area contributed by atoms with Gasteiger partial charge in [-0.05, 0) is 102 Å². The van der Waals surface area contributed by atoms with Crippen molar-refractivity contribution in [2.24, 2.45) is 5.73 Å². The Morgan fingerprint density at radius 3 is 1.56 bits per heavy atom. The number of halogens is 2. The summed E-state index contributed by atoms with van der Waals surface area (Å²) in [6.45, 7) is 9.62. The lowest BCUT2D eigenvalue weighted by atomic mass is 10.1. The summed E-state index contributed by atoms with van der Waals surface area (Å²) in [5, 5.41) is 29.2. The molecule has 2 heterocycles. The largest absolute Gasteiger partial charge is 0.505 e. The van der Waals surface area contributed by atoms with Crippen LogP contribution in [0.15, 0.2) is 85.5 Å². The Kier molecular flexibility index (Phi) is 16.7. The van der Waals surface area contributed by atoms with E-state index in [2.05, 4.69) is 47.8 Å². The first-order chi connectivity index (χ1) is 29.7. The number of hydrogen-bond donors (Lipinski definition) is 6. The zero-order valence-electron chi connectivity index (χ0n) is 36.2. The molecular weight excluding hydrogens is 948 g/mol. The average Bonchev–Trinajstić information content (AvgIpc) is 3.79. The first-order valence-electron chi connectivity index (χ1n) is 19.6. The van der Waals surface area contributed by atoms with Crippen molar-refractivity contribution in [3.63, 3.8) is 0 Å². The molecule has 4 aromatic carbocycles. The zero-order valence-corrected chi connectivity index (χ0v) is 39.4. The number of rotatable bonds is 14. The predicted molar refractivity (Wildman–Crippen MR) is 249 cm³/mol. The monoisotopic (exact) mass is 996 g/mol. The summed E-state index contributed by atoms with van der Waals surface area (Å²) in [4.78, 5) is 74.2. The SMILES string of the molecule is CCOc1c(Nc2cccc(C(=O)N(C)C)c2O)c(=O)c1=O.CC[C@@H](N)c1cc(Br)c(C)o1.CC[C@@H](Nc1c(Nc2cccc(C(=O)N(C)C)c2O)c(=O)c1=O)c1cc(Br)c(C)o1. The molecule has 2 atom stereocenters. The van der Waals surface area contributed by atoms with Crippen molar-refractivity contribution in [3.05, 3.63) is 133 Å². The van der Waals surface area contributed by atoms with Gasteiger partial charge < -0.3 is 55.3 Å². The molecule has 6 rings (SSSR count). The van der Waals surface area contributed by atoms with Crippen LogP contribution >= 0.6 is 31.9 Å². The topological polar surface area (TPSA) is 247 Å². The molecule has 6 aromatic rings. The number of aromatic hydroxyl groups is 2. The Morgan fingerprint density at radius 2 is 1.14 bits per heavy atom. The number of hydrogen-bond acceptors (Lipinski definition) is 15. The zero-order chi connectivity index (χ0) is 47.0. The van der Waals surface area contributed by atoms with Crippen LogP contribution in [-0.2, 0) is 0 Å². The van der Waals surface area contributed by atoms with Crippen molar-refractivity contribution in [2.75, 3.05) is 50.7 Å². The highest BCUT2D eigenvalue weighted by Gasteiger charge is 2.28. The maximum Gasteiger partial charge on any atom is 0.272 e. The number of anilines is 5. The van der Waals surface area contributed by atoms with Crippen LogP contribution < -0.4 is 48.1 Å². The van der Waals surface area contributed by atoms with Gasteiger partial charge in [0, 0.05) is 28.2 Å². The van der Waals surface area contributed by atoms with Crippen molar-refractivity contribution in [1.82, 2.24) is 9.80 Å². The number of aryl methyl sites for hydroxylation is 2. The number of carbonyl (C=O) groups is 2. The summed E-state index contributed by atoms with van der Waals surface area (Å²) < 4.78 is 18.0. The van der Waals surface area contributed by atoms with Gasteiger partial charge in [-0.2, -0.15) is 0 Å². The molecule has 0 aliphatic heterocycles. The number of para-hydroxylation sites is 2. The minimum atomic E-state index is -0.716. The van der Waals surface area contributed by atoms with E-state index < -0.39 is 21.7 Å². The standard InChI is InChI=1S/C21H22BrN3O5.C15H16N2O5.C8H12BrNO/c1-5-13(15-9-12(22)10(2)30-15)23-16-17(20(28)19(16)27)24-14-8-6-7-11(18(14)26)21(29)25(3)4;1-4-22-14-10(12(19)13(14)20)16-9-7-5-6-8(11(9)18)15(21)17(2)3;1-3-7(10)8-4-6(9)5(2)11-8/h6-9,13,23-24,26H,5H2,1-4H3;5-7,16,18H,4H2,1-3H3;4,7H,3,10H2,1-2H3/t13-;;7-/m1.1/s1. The molecule has 17 nitrogen and oxygen atoms in total. The summed E-state index contributed by atoms with van der Waals surface area (Å²) in [7, 11) is 6.26. The Balaban J connectivity index is 0.000000230. The second-order valence-corrected chi connectivity index (χ2v) is 16.2. The average molecular weight is 999 g/mol. The van der Waals surface area contributed by atoms with Crippen molar-refractivity contribution in [3.8, 4) is 17.2 Å². The number of nitrogens with one attached hydrogen (secondary N) is 3. The summed E-state index contributed by atoms with van der Waals surface area (Å²) in [5.41, 5.74) is 3.60. The predicted octanol–water partition coefficient (Wildman–Crippen LogP) is 7.25. The van der Waals surface area contributed by atoms with Gasteiger partial charge in [-0.3, -0.25) is 28.8 Å². The van der Waals surface area contributed by atoms with E-state index in [0.717, 1.165) is 26.9 Å². The van der Waals surface area contributed by atoms with Crippen molar-refractivity contribution < 1.29 is 33.4 Å². The lowest BCUT2D eigenvalue weighted by Gasteiger charge is -2.21. The van der Waals surface area contributed by atoms with Gasteiger partial charge in [-0.1, -0.05) is 26.0 Å². The number of furan rings is 2. The fourth-order valence-corrected chi connectivity index (χ4v) is 6.48. The summed E-state index contributed by atoms with van der Waals surface area (Å²) in [6.07, 6.45) is 1.51. The van der Waals surface area contributed by atoms with Crippen molar-refractivity contribution >= 4 is 72.1 Å². The number of ether oxygens (including phenoxy) is 1. The van der Waals surface area contributed by atoms with E-state index in [9.17, 15) is 39.0 Å². The van der Waals surface area contributed by atoms with Gasteiger partial charge in [-0.15, -0.1) is 0 Å². The molecule has 0 saturated carbocycles. The van der Waals surface area contributed by atoms with Gasteiger partial charge in [0.15, 0.2) is 17.2 Å². The number of phenolic OH excluding ortho intramolecular Hbond substituents is 2. The number of carbonyl (C=O) groups excluding carboxylic acids is 2. The molecule has 2 amide bonds. The number of phenols is 2. The smallest absolute Gasteiger partial charge is 0.272 e. The fourth-order valence-electron chi connectivity index (χ4n) is 5.87. The van der Waals surface area contributed by atoms with Crippen LogP contribution in [-0.4, -0.2) is 66.6 Å². The lowest BCUT2D eigenvalue weighted by Crippen LogP contribution is -2.37. The molecule has 7 N–H and O–H groups in total. The summed E-state index contributed by atoms with van der Waals surface area (Å²) >= 11 is 6.76. The number of nitrogens with zero attached hydrogens (tertiary/aromatic N) is 2. The molecule has 2 aromatic heterocycles. The Hall–Kier alpha value is -6.18. The van der Waals surface area contributed by atoms with Crippen molar-refractivity contribution in [2.45, 2.75) is 59.5 Å². The quantitative estimate of drug-likeness (QED) is 0.0465. The van der Waals surface area contributed by atoms with Gasteiger partial charge in [0.1, 0.15) is 40.1 Å². The van der Waals surface area contributed by atoms with Crippen LogP contribution in [0.5, 0.6) is 17.2 Å². The Morgan fingerprint density at radius 1 is 0.698 bits per heavy atom. The van der Waals surface area contributed by atoms with Gasteiger partial charge in [0.25, 0.3) is 33.5 Å². The Labute approximate surface area is 379 Å². The molecule has 0 spiro atoms. The van der Waals surface area contributed by atoms with Crippen LogP contribution in [0.4, 0.5) is 28.4 Å². The van der Waals surface area contributed by atoms with Gasteiger partial charge in [0.05, 0.1) is 50.1 Å². The second kappa shape index (κ2) is 21.3.